The monoisotopic (exact) mass is 275 g/mol. The fourth-order valence-electron chi connectivity index (χ4n) is 5.41. The van der Waals surface area contributed by atoms with Gasteiger partial charge >= 0.3 is 0 Å². The molecule has 0 amide bonds. The fraction of sp³-hybridized carbons (Fsp3) is 0.733. The van der Waals surface area contributed by atoms with Crippen LogP contribution in [0.2, 0.25) is 0 Å². The average Bonchev–Trinajstić information content (AvgIpc) is 2.70. The summed E-state index contributed by atoms with van der Waals surface area (Å²) in [4.78, 5) is 0. The lowest BCUT2D eigenvalue weighted by Gasteiger charge is -2.56. The molecule has 3 nitrogen and oxygen atoms in total. The van der Waals surface area contributed by atoms with Crippen molar-refractivity contribution in [3.05, 3.63) is 23.3 Å². The first-order chi connectivity index (χ1) is 9.20. The fourth-order valence-corrected chi connectivity index (χ4v) is 5.61. The molecule has 1 aromatic rings. The third-order valence-corrected chi connectivity index (χ3v) is 5.89. The second kappa shape index (κ2) is 4.05. The number of H-pyrrole nitrogens is 1. The maximum absolute atomic E-state index is 5.39. The van der Waals surface area contributed by atoms with Crippen LogP contribution in [0, 0.1) is 22.5 Å². The summed E-state index contributed by atoms with van der Waals surface area (Å²) in [7, 11) is 0. The first-order valence-electron chi connectivity index (χ1n) is 7.47. The van der Waals surface area contributed by atoms with Crippen molar-refractivity contribution in [3.8, 4) is 0 Å². The number of aromatic amines is 1. The van der Waals surface area contributed by atoms with Gasteiger partial charge in [-0.2, -0.15) is 5.10 Å². The highest BCUT2D eigenvalue weighted by molar-refractivity contribution is 7.71. The van der Waals surface area contributed by atoms with Crippen molar-refractivity contribution in [2.75, 3.05) is 0 Å². The zero-order valence-electron chi connectivity index (χ0n) is 11.3. The van der Waals surface area contributed by atoms with Crippen molar-refractivity contribution in [2.24, 2.45) is 17.8 Å². The minimum Gasteiger partial charge on any atom is -0.300 e. The maximum atomic E-state index is 5.39. The third kappa shape index (κ3) is 1.69. The molecule has 1 heterocycles. The highest BCUT2D eigenvalue weighted by Crippen LogP contribution is 2.60. The molecule has 0 radical (unpaired) electrons. The number of hydrogen-bond donors (Lipinski definition) is 1. The van der Waals surface area contributed by atoms with Gasteiger partial charge in [-0.15, -0.1) is 6.58 Å². The Labute approximate surface area is 119 Å². The lowest BCUT2D eigenvalue weighted by atomic mass is 9.49. The number of aromatic nitrogens is 3. The van der Waals surface area contributed by atoms with Gasteiger partial charge in [0.2, 0.25) is 0 Å². The van der Waals surface area contributed by atoms with Crippen LogP contribution in [0.1, 0.15) is 44.3 Å². The van der Waals surface area contributed by atoms with Gasteiger partial charge < -0.3 is 0 Å². The standard InChI is InChI=1S/C15H21N3S/c1-2-3-18-13(16-17-14(18)19)15-7-10-4-11(8-15)6-12(5-10)9-15/h2,10-12H,1,3-9H2,(H,17,19). The molecule has 4 aliphatic rings. The van der Waals surface area contributed by atoms with Crippen molar-refractivity contribution in [3.63, 3.8) is 0 Å². The Morgan fingerprint density at radius 2 is 1.84 bits per heavy atom. The number of nitrogens with one attached hydrogen (secondary N) is 1. The molecule has 0 spiro atoms. The summed E-state index contributed by atoms with van der Waals surface area (Å²) in [5.41, 5.74) is 0.311. The van der Waals surface area contributed by atoms with Crippen molar-refractivity contribution in [1.29, 1.82) is 0 Å². The van der Waals surface area contributed by atoms with Gasteiger partial charge in [-0.25, -0.2) is 0 Å². The molecule has 4 bridgehead atoms. The highest BCUT2D eigenvalue weighted by Gasteiger charge is 2.53. The largest absolute Gasteiger partial charge is 0.300 e. The summed E-state index contributed by atoms with van der Waals surface area (Å²) in [6.45, 7) is 4.64. The molecule has 1 aromatic heterocycles. The Morgan fingerprint density at radius 3 is 2.37 bits per heavy atom. The smallest absolute Gasteiger partial charge is 0.195 e. The van der Waals surface area contributed by atoms with Crippen molar-refractivity contribution in [2.45, 2.75) is 50.5 Å². The second-order valence-corrected chi connectivity index (χ2v) is 7.34. The van der Waals surface area contributed by atoms with Gasteiger partial charge in [0.1, 0.15) is 5.82 Å². The van der Waals surface area contributed by atoms with Gasteiger partial charge in [0.05, 0.1) is 0 Å². The Kier molecular flexibility index (Phi) is 2.53. The summed E-state index contributed by atoms with van der Waals surface area (Å²) < 4.78 is 2.93. The van der Waals surface area contributed by atoms with Gasteiger partial charge in [-0.1, -0.05) is 6.08 Å². The van der Waals surface area contributed by atoms with E-state index in [0.29, 0.717) is 5.41 Å². The van der Waals surface area contributed by atoms with Gasteiger partial charge in [-0.05, 0) is 68.5 Å². The molecule has 0 aliphatic heterocycles. The average molecular weight is 275 g/mol. The molecule has 0 unspecified atom stereocenters. The third-order valence-electron chi connectivity index (χ3n) is 5.58. The lowest BCUT2D eigenvalue weighted by molar-refractivity contribution is -0.0110. The van der Waals surface area contributed by atoms with Crippen molar-refractivity contribution >= 4 is 12.2 Å². The van der Waals surface area contributed by atoms with Crippen LogP contribution in [0.4, 0.5) is 0 Å². The summed E-state index contributed by atoms with van der Waals surface area (Å²) in [5.74, 6) is 4.03. The number of nitrogens with zero attached hydrogens (tertiary/aromatic N) is 2. The first-order valence-corrected chi connectivity index (χ1v) is 7.87. The number of rotatable bonds is 3. The van der Waals surface area contributed by atoms with E-state index >= 15 is 0 Å². The van der Waals surface area contributed by atoms with Gasteiger partial charge in [0.15, 0.2) is 4.77 Å². The summed E-state index contributed by atoms with van der Waals surface area (Å²) in [5, 5.41) is 7.64. The summed E-state index contributed by atoms with van der Waals surface area (Å²) in [6.07, 6.45) is 10.3. The van der Waals surface area contributed by atoms with Crippen LogP contribution in [-0.4, -0.2) is 14.8 Å². The predicted molar refractivity (Wildman–Crippen MR) is 77.5 cm³/mol. The van der Waals surface area contributed by atoms with Gasteiger partial charge in [0, 0.05) is 12.0 Å². The Bertz CT molecular complexity index is 533. The van der Waals surface area contributed by atoms with Crippen LogP contribution < -0.4 is 0 Å². The molecule has 19 heavy (non-hydrogen) atoms. The van der Waals surface area contributed by atoms with Crippen LogP contribution in [-0.2, 0) is 12.0 Å². The number of allylic oxidation sites excluding steroid dienone is 1. The maximum Gasteiger partial charge on any atom is 0.195 e. The summed E-state index contributed by atoms with van der Waals surface area (Å²) >= 11 is 5.39. The van der Waals surface area contributed by atoms with E-state index in [1.165, 1.54) is 44.3 Å². The van der Waals surface area contributed by atoms with E-state index in [-0.39, 0.29) is 0 Å². The first kappa shape index (κ1) is 11.9. The molecule has 5 rings (SSSR count). The van der Waals surface area contributed by atoms with E-state index in [1.54, 1.807) is 0 Å². The van der Waals surface area contributed by atoms with Gasteiger partial charge in [-0.3, -0.25) is 9.67 Å². The lowest BCUT2D eigenvalue weighted by Crippen LogP contribution is -2.49. The molecule has 4 fully saturated rings. The van der Waals surface area contributed by atoms with E-state index < -0.39 is 0 Å². The normalized spacial score (nSPS) is 39.7. The molecule has 4 saturated carbocycles. The van der Waals surface area contributed by atoms with Gasteiger partial charge in [0.25, 0.3) is 0 Å². The second-order valence-electron chi connectivity index (χ2n) is 6.95. The Morgan fingerprint density at radius 1 is 1.26 bits per heavy atom. The summed E-state index contributed by atoms with van der Waals surface area (Å²) in [6, 6.07) is 0. The van der Waals surface area contributed by atoms with E-state index in [4.69, 9.17) is 12.2 Å². The molecule has 4 heteroatoms. The van der Waals surface area contributed by atoms with E-state index in [0.717, 1.165) is 29.1 Å². The van der Waals surface area contributed by atoms with E-state index in [1.807, 2.05) is 6.08 Å². The molecular formula is C15H21N3S. The molecule has 0 saturated heterocycles. The molecule has 1 N–H and O–H groups in total. The van der Waals surface area contributed by atoms with Crippen molar-refractivity contribution < 1.29 is 0 Å². The molecular weight excluding hydrogens is 254 g/mol. The van der Waals surface area contributed by atoms with Crippen LogP contribution >= 0.6 is 12.2 Å². The Hall–Kier alpha value is -0.900. The van der Waals surface area contributed by atoms with E-state index in [2.05, 4.69) is 21.3 Å². The quantitative estimate of drug-likeness (QED) is 0.675. The van der Waals surface area contributed by atoms with Crippen LogP contribution in [0.5, 0.6) is 0 Å². The number of hydrogen-bond acceptors (Lipinski definition) is 2. The van der Waals surface area contributed by atoms with Crippen LogP contribution in [0.25, 0.3) is 0 Å². The minimum absolute atomic E-state index is 0.311. The van der Waals surface area contributed by atoms with E-state index in [9.17, 15) is 0 Å². The minimum atomic E-state index is 0.311. The zero-order valence-corrected chi connectivity index (χ0v) is 12.1. The predicted octanol–water partition coefficient (Wildman–Crippen LogP) is 3.59. The van der Waals surface area contributed by atoms with Crippen molar-refractivity contribution in [1.82, 2.24) is 14.8 Å². The van der Waals surface area contributed by atoms with Crippen LogP contribution in [0.15, 0.2) is 12.7 Å². The topological polar surface area (TPSA) is 33.6 Å². The molecule has 102 valence electrons. The zero-order chi connectivity index (χ0) is 13.0. The highest BCUT2D eigenvalue weighted by atomic mass is 32.1. The Balaban J connectivity index is 1.79. The SMILES string of the molecule is C=CCn1c(C23CC4CC(CC(C4)C2)C3)n[nH]c1=S. The molecule has 0 aromatic carbocycles. The van der Waals surface area contributed by atoms with Crippen LogP contribution in [0.3, 0.4) is 0 Å². The molecule has 4 aliphatic carbocycles. The molecule has 0 atom stereocenters.